The zero-order valence-corrected chi connectivity index (χ0v) is 12.2. The summed E-state index contributed by atoms with van der Waals surface area (Å²) < 4.78 is 27.6. The van der Waals surface area contributed by atoms with Crippen LogP contribution in [0.4, 0.5) is 5.69 Å². The van der Waals surface area contributed by atoms with E-state index < -0.39 is 10.0 Å². The van der Waals surface area contributed by atoms with Crippen LogP contribution in [0.5, 0.6) is 0 Å². The van der Waals surface area contributed by atoms with Crippen molar-refractivity contribution in [1.29, 1.82) is 0 Å². The molecule has 1 saturated carbocycles. The van der Waals surface area contributed by atoms with Crippen LogP contribution in [0.15, 0.2) is 41.3 Å². The lowest BCUT2D eigenvalue weighted by Crippen LogP contribution is -2.26. The highest BCUT2D eigenvalue weighted by Gasteiger charge is 2.33. The van der Waals surface area contributed by atoms with Crippen LogP contribution in [0.2, 0.25) is 0 Å². The summed E-state index contributed by atoms with van der Waals surface area (Å²) >= 11 is 0. The van der Waals surface area contributed by atoms with Crippen LogP contribution in [0.25, 0.3) is 10.8 Å². The molecule has 3 rings (SSSR count). The summed E-state index contributed by atoms with van der Waals surface area (Å²) in [6.07, 6.45) is 1.10. The number of rotatable bonds is 4. The van der Waals surface area contributed by atoms with Crippen molar-refractivity contribution in [3.63, 3.8) is 0 Å². The van der Waals surface area contributed by atoms with Crippen LogP contribution in [0.3, 0.4) is 0 Å². The first kappa shape index (κ1) is 13.4. The molecule has 3 N–H and O–H groups in total. The van der Waals surface area contributed by atoms with E-state index in [1.807, 2.05) is 18.2 Å². The average Bonchev–Trinajstić information content (AvgIpc) is 3.13. The Morgan fingerprint density at radius 2 is 1.85 bits per heavy atom. The summed E-state index contributed by atoms with van der Waals surface area (Å²) in [7, 11) is -3.49. The van der Waals surface area contributed by atoms with Gasteiger partial charge in [-0.05, 0) is 30.4 Å². The summed E-state index contributed by atoms with van der Waals surface area (Å²) in [5.41, 5.74) is 6.50. The smallest absolute Gasteiger partial charge is 0.241 e. The van der Waals surface area contributed by atoms with Gasteiger partial charge in [0.2, 0.25) is 10.0 Å². The summed E-state index contributed by atoms with van der Waals surface area (Å²) in [4.78, 5) is 0.301. The van der Waals surface area contributed by atoms with Gasteiger partial charge < -0.3 is 5.73 Å². The molecule has 0 amide bonds. The van der Waals surface area contributed by atoms with Crippen LogP contribution in [-0.2, 0) is 10.0 Å². The Morgan fingerprint density at radius 3 is 2.50 bits per heavy atom. The Labute approximate surface area is 119 Å². The van der Waals surface area contributed by atoms with Gasteiger partial charge in [-0.3, -0.25) is 0 Å². The summed E-state index contributed by atoms with van der Waals surface area (Å²) in [5, 5.41) is 1.44. The molecule has 20 heavy (non-hydrogen) atoms. The molecule has 2 atom stereocenters. The Bertz CT molecular complexity index is 756. The quantitative estimate of drug-likeness (QED) is 0.849. The second-order valence-corrected chi connectivity index (χ2v) is 7.26. The highest BCUT2D eigenvalue weighted by Crippen LogP contribution is 2.37. The predicted molar refractivity (Wildman–Crippen MR) is 80.8 cm³/mol. The van der Waals surface area contributed by atoms with Gasteiger partial charge in [-0.15, -0.1) is 0 Å². The SMILES string of the molecule is CC1CC1CNS(=O)(=O)c1ccc(N)c2ccccc12. The molecule has 0 radical (unpaired) electrons. The topological polar surface area (TPSA) is 72.2 Å². The molecule has 0 heterocycles. The minimum Gasteiger partial charge on any atom is -0.398 e. The van der Waals surface area contributed by atoms with E-state index in [9.17, 15) is 8.42 Å². The third-order valence-corrected chi connectivity index (χ3v) is 5.50. The first-order valence-corrected chi connectivity index (χ1v) is 8.24. The standard InChI is InChI=1S/C15H18N2O2S/c1-10-8-11(10)9-17-20(18,19)15-7-6-14(16)12-4-2-3-5-13(12)15/h2-7,10-11,17H,8-9,16H2,1H3. The third-order valence-electron chi connectivity index (χ3n) is 4.02. The number of nitrogens with one attached hydrogen (secondary N) is 1. The number of hydrogen-bond donors (Lipinski definition) is 2. The molecule has 1 aliphatic rings. The highest BCUT2D eigenvalue weighted by atomic mass is 32.2. The van der Waals surface area contributed by atoms with Crippen LogP contribution < -0.4 is 10.5 Å². The van der Waals surface area contributed by atoms with Crippen LogP contribution >= 0.6 is 0 Å². The van der Waals surface area contributed by atoms with E-state index in [-0.39, 0.29) is 0 Å². The van der Waals surface area contributed by atoms with Crippen LogP contribution in [0.1, 0.15) is 13.3 Å². The van der Waals surface area contributed by atoms with Gasteiger partial charge in [-0.1, -0.05) is 31.2 Å². The lowest BCUT2D eigenvalue weighted by Gasteiger charge is -2.10. The second-order valence-electron chi connectivity index (χ2n) is 5.52. The van der Waals surface area contributed by atoms with Crippen molar-refractivity contribution in [3.8, 4) is 0 Å². The summed E-state index contributed by atoms with van der Waals surface area (Å²) in [6.45, 7) is 2.65. The number of fused-ring (bicyclic) bond motifs is 1. The molecule has 0 aliphatic heterocycles. The van der Waals surface area contributed by atoms with Crippen LogP contribution in [-0.4, -0.2) is 15.0 Å². The molecule has 4 nitrogen and oxygen atoms in total. The molecule has 2 aromatic rings. The molecule has 0 bridgehead atoms. The molecule has 0 saturated heterocycles. The highest BCUT2D eigenvalue weighted by molar-refractivity contribution is 7.89. The minimum atomic E-state index is -3.49. The van der Waals surface area contributed by atoms with E-state index in [1.165, 1.54) is 0 Å². The number of nitrogen functional groups attached to an aromatic ring is 1. The van der Waals surface area contributed by atoms with Crippen molar-refractivity contribution in [2.75, 3.05) is 12.3 Å². The number of benzene rings is 2. The zero-order valence-electron chi connectivity index (χ0n) is 11.3. The maximum absolute atomic E-state index is 12.4. The molecule has 0 aromatic heterocycles. The minimum absolute atomic E-state index is 0.301. The monoisotopic (exact) mass is 290 g/mol. The zero-order chi connectivity index (χ0) is 14.3. The normalized spacial score (nSPS) is 22.1. The Balaban J connectivity index is 1.98. The largest absolute Gasteiger partial charge is 0.398 e. The van der Waals surface area contributed by atoms with Crippen LogP contribution in [0, 0.1) is 11.8 Å². The van der Waals surface area contributed by atoms with E-state index in [1.54, 1.807) is 18.2 Å². The molecule has 2 unspecified atom stereocenters. The maximum atomic E-state index is 12.4. The lowest BCUT2D eigenvalue weighted by atomic mass is 10.1. The van der Waals surface area contributed by atoms with E-state index >= 15 is 0 Å². The molecule has 106 valence electrons. The maximum Gasteiger partial charge on any atom is 0.241 e. The van der Waals surface area contributed by atoms with Crippen molar-refractivity contribution in [3.05, 3.63) is 36.4 Å². The fraction of sp³-hybridized carbons (Fsp3) is 0.333. The Kier molecular flexibility index (Phi) is 3.18. The summed E-state index contributed by atoms with van der Waals surface area (Å²) in [5.74, 6) is 1.10. The number of sulfonamides is 1. The van der Waals surface area contributed by atoms with Crippen molar-refractivity contribution >= 4 is 26.5 Å². The van der Waals surface area contributed by atoms with E-state index in [0.29, 0.717) is 34.3 Å². The molecular weight excluding hydrogens is 272 g/mol. The second kappa shape index (κ2) is 4.75. The number of hydrogen-bond acceptors (Lipinski definition) is 3. The van der Waals surface area contributed by atoms with Crippen molar-refractivity contribution in [2.24, 2.45) is 11.8 Å². The number of nitrogens with two attached hydrogens (primary N) is 1. The molecular formula is C15H18N2O2S. The first-order chi connectivity index (χ1) is 9.49. The molecule has 1 aliphatic carbocycles. The van der Waals surface area contributed by atoms with Gasteiger partial charge in [0.1, 0.15) is 0 Å². The van der Waals surface area contributed by atoms with Gasteiger partial charge >= 0.3 is 0 Å². The van der Waals surface area contributed by atoms with Gasteiger partial charge in [0.15, 0.2) is 0 Å². The van der Waals surface area contributed by atoms with E-state index in [4.69, 9.17) is 5.73 Å². The molecule has 2 aromatic carbocycles. The number of anilines is 1. The van der Waals surface area contributed by atoms with E-state index in [2.05, 4.69) is 11.6 Å². The fourth-order valence-electron chi connectivity index (χ4n) is 2.51. The Hall–Kier alpha value is -1.59. The predicted octanol–water partition coefficient (Wildman–Crippen LogP) is 2.36. The fourth-order valence-corrected chi connectivity index (χ4v) is 3.81. The Morgan fingerprint density at radius 1 is 1.20 bits per heavy atom. The third kappa shape index (κ3) is 2.39. The van der Waals surface area contributed by atoms with Gasteiger partial charge in [-0.25, -0.2) is 13.1 Å². The van der Waals surface area contributed by atoms with E-state index in [0.717, 1.165) is 11.8 Å². The molecule has 5 heteroatoms. The van der Waals surface area contributed by atoms with Crippen molar-refractivity contribution < 1.29 is 8.42 Å². The average molecular weight is 290 g/mol. The molecule has 0 spiro atoms. The molecule has 1 fully saturated rings. The summed E-state index contributed by atoms with van der Waals surface area (Å²) in [6, 6.07) is 10.5. The van der Waals surface area contributed by atoms with Crippen molar-refractivity contribution in [2.45, 2.75) is 18.2 Å². The van der Waals surface area contributed by atoms with Crippen molar-refractivity contribution in [1.82, 2.24) is 4.72 Å². The van der Waals surface area contributed by atoms with Gasteiger partial charge in [0, 0.05) is 23.0 Å². The van der Waals surface area contributed by atoms with Gasteiger partial charge in [0.25, 0.3) is 0 Å². The lowest BCUT2D eigenvalue weighted by molar-refractivity contribution is 0.575. The van der Waals surface area contributed by atoms with Gasteiger partial charge in [-0.2, -0.15) is 0 Å². The first-order valence-electron chi connectivity index (χ1n) is 6.76. The van der Waals surface area contributed by atoms with Gasteiger partial charge in [0.05, 0.1) is 4.90 Å².